The average Bonchev–Trinajstić information content (AvgIpc) is 2.70. The highest BCUT2D eigenvalue weighted by Gasteiger charge is 2.18. The third kappa shape index (κ3) is 5.21. The molecule has 2 aromatic rings. The van der Waals surface area contributed by atoms with Crippen LogP contribution < -0.4 is 0 Å². The summed E-state index contributed by atoms with van der Waals surface area (Å²) in [5, 5.41) is 9.04. The third-order valence-electron chi connectivity index (χ3n) is 5.85. The monoisotopic (exact) mass is 345 g/mol. The molecule has 0 spiro atoms. The molecule has 0 saturated heterocycles. The summed E-state index contributed by atoms with van der Waals surface area (Å²) in [5.74, 6) is 0.782. The molecule has 0 aliphatic heterocycles. The first kappa shape index (κ1) is 18.7. The Labute approximate surface area is 159 Å². The largest absolute Gasteiger partial charge is 0.192 e. The van der Waals surface area contributed by atoms with Crippen LogP contribution in [-0.4, -0.2) is 0 Å². The van der Waals surface area contributed by atoms with Crippen molar-refractivity contribution in [1.29, 1.82) is 5.26 Å². The van der Waals surface area contributed by atoms with Crippen LogP contribution >= 0.6 is 0 Å². The molecule has 1 heteroatoms. The van der Waals surface area contributed by atoms with Gasteiger partial charge in [0.15, 0.2) is 0 Å². The zero-order valence-corrected chi connectivity index (χ0v) is 16.1. The van der Waals surface area contributed by atoms with E-state index >= 15 is 0 Å². The molecule has 136 valence electrons. The second kappa shape index (κ2) is 9.58. The predicted octanol–water partition coefficient (Wildman–Crippen LogP) is 6.42. The van der Waals surface area contributed by atoms with E-state index in [2.05, 4.69) is 49.4 Å². The summed E-state index contributed by atoms with van der Waals surface area (Å²) in [6, 6.07) is 17.8. The fourth-order valence-corrected chi connectivity index (χ4v) is 4.15. The molecule has 0 saturated carbocycles. The Kier molecular flexibility index (Phi) is 6.89. The van der Waals surface area contributed by atoms with Crippen LogP contribution in [0.25, 0.3) is 0 Å². The SMILES string of the molecule is CCCCCCc1ccc(CCC2CCc3cc(C#N)ccc3C2)cc1. The van der Waals surface area contributed by atoms with Crippen LogP contribution in [0.3, 0.4) is 0 Å². The Hall–Kier alpha value is -2.07. The second-order valence-electron chi connectivity index (χ2n) is 7.87. The van der Waals surface area contributed by atoms with E-state index < -0.39 is 0 Å². The zero-order chi connectivity index (χ0) is 18.2. The van der Waals surface area contributed by atoms with Gasteiger partial charge in [-0.15, -0.1) is 0 Å². The van der Waals surface area contributed by atoms with Crippen molar-refractivity contribution in [2.45, 2.75) is 71.1 Å². The molecule has 3 rings (SSSR count). The van der Waals surface area contributed by atoms with Gasteiger partial charge in [-0.1, -0.05) is 56.5 Å². The molecule has 1 unspecified atom stereocenters. The number of benzene rings is 2. The molecule has 1 aliphatic rings. The quantitative estimate of drug-likeness (QED) is 0.506. The van der Waals surface area contributed by atoms with E-state index in [1.807, 2.05) is 6.07 Å². The van der Waals surface area contributed by atoms with E-state index in [-0.39, 0.29) is 0 Å². The first-order valence-corrected chi connectivity index (χ1v) is 10.4. The minimum Gasteiger partial charge on any atom is -0.192 e. The lowest BCUT2D eigenvalue weighted by atomic mass is 9.80. The number of aryl methyl sites for hydroxylation is 3. The van der Waals surface area contributed by atoms with E-state index in [9.17, 15) is 0 Å². The molecule has 0 heterocycles. The second-order valence-corrected chi connectivity index (χ2v) is 7.87. The minimum atomic E-state index is 0.782. The predicted molar refractivity (Wildman–Crippen MR) is 109 cm³/mol. The Morgan fingerprint density at radius 2 is 1.69 bits per heavy atom. The van der Waals surface area contributed by atoms with Crippen LogP contribution in [0.5, 0.6) is 0 Å². The van der Waals surface area contributed by atoms with Crippen LogP contribution in [0, 0.1) is 17.2 Å². The van der Waals surface area contributed by atoms with E-state index in [4.69, 9.17) is 5.26 Å². The molecule has 0 amide bonds. The van der Waals surface area contributed by atoms with Gasteiger partial charge in [0, 0.05) is 0 Å². The number of hydrogen-bond donors (Lipinski definition) is 0. The van der Waals surface area contributed by atoms with Crippen molar-refractivity contribution < 1.29 is 0 Å². The summed E-state index contributed by atoms with van der Waals surface area (Å²) in [5.41, 5.74) is 6.63. The maximum atomic E-state index is 9.04. The number of unbranched alkanes of at least 4 members (excludes halogenated alkanes) is 3. The topological polar surface area (TPSA) is 23.8 Å². The lowest BCUT2D eigenvalue weighted by Crippen LogP contribution is -2.15. The molecule has 0 radical (unpaired) electrons. The summed E-state index contributed by atoms with van der Waals surface area (Å²) in [6.07, 6.45) is 12.6. The first-order valence-electron chi connectivity index (χ1n) is 10.4. The Balaban J connectivity index is 1.46. The normalized spacial score (nSPS) is 16.1. The summed E-state index contributed by atoms with van der Waals surface area (Å²) in [4.78, 5) is 0. The Morgan fingerprint density at radius 3 is 2.42 bits per heavy atom. The van der Waals surface area contributed by atoms with Gasteiger partial charge in [-0.25, -0.2) is 0 Å². The van der Waals surface area contributed by atoms with E-state index in [1.165, 1.54) is 80.0 Å². The minimum absolute atomic E-state index is 0.782. The van der Waals surface area contributed by atoms with Crippen LogP contribution in [0.1, 0.15) is 73.3 Å². The zero-order valence-electron chi connectivity index (χ0n) is 16.1. The van der Waals surface area contributed by atoms with E-state index in [0.717, 1.165) is 17.9 Å². The molecule has 26 heavy (non-hydrogen) atoms. The lowest BCUT2D eigenvalue weighted by Gasteiger charge is -2.24. The van der Waals surface area contributed by atoms with Crippen molar-refractivity contribution in [1.82, 2.24) is 0 Å². The summed E-state index contributed by atoms with van der Waals surface area (Å²) < 4.78 is 0. The standard InChI is InChI=1S/C25H31N/c1-2-3-4-5-6-20-7-9-21(10-8-20)11-12-22-13-15-25-18-23(19-26)14-16-24(25)17-22/h7-10,14,16,18,22H,2-6,11-13,15,17H2,1H3. The van der Waals surface area contributed by atoms with Gasteiger partial charge in [0.25, 0.3) is 0 Å². The molecule has 0 aromatic heterocycles. The summed E-state index contributed by atoms with van der Waals surface area (Å²) in [6.45, 7) is 2.27. The first-order chi connectivity index (χ1) is 12.8. The number of hydrogen-bond acceptors (Lipinski definition) is 1. The van der Waals surface area contributed by atoms with Gasteiger partial charge in [-0.2, -0.15) is 5.26 Å². The highest BCUT2D eigenvalue weighted by Crippen LogP contribution is 2.29. The van der Waals surface area contributed by atoms with Gasteiger partial charge in [0.2, 0.25) is 0 Å². The Morgan fingerprint density at radius 1 is 0.923 bits per heavy atom. The summed E-state index contributed by atoms with van der Waals surface area (Å²) in [7, 11) is 0. The molecule has 1 atom stereocenters. The maximum Gasteiger partial charge on any atom is 0.0991 e. The van der Waals surface area contributed by atoms with Crippen LogP contribution in [-0.2, 0) is 25.7 Å². The number of fused-ring (bicyclic) bond motifs is 1. The maximum absolute atomic E-state index is 9.04. The van der Waals surface area contributed by atoms with Crippen molar-refractivity contribution in [2.75, 3.05) is 0 Å². The molecule has 0 bridgehead atoms. The Bertz CT molecular complexity index is 736. The highest BCUT2D eigenvalue weighted by atomic mass is 14.3. The molecule has 2 aromatic carbocycles. The van der Waals surface area contributed by atoms with Crippen molar-refractivity contribution in [3.63, 3.8) is 0 Å². The van der Waals surface area contributed by atoms with Gasteiger partial charge >= 0.3 is 0 Å². The molecule has 1 aliphatic carbocycles. The number of rotatable bonds is 8. The van der Waals surface area contributed by atoms with Gasteiger partial charge in [-0.3, -0.25) is 0 Å². The van der Waals surface area contributed by atoms with E-state index in [0.29, 0.717) is 0 Å². The van der Waals surface area contributed by atoms with Crippen LogP contribution in [0.2, 0.25) is 0 Å². The molecule has 0 fully saturated rings. The van der Waals surface area contributed by atoms with Gasteiger partial charge in [-0.05, 0) is 85.3 Å². The summed E-state index contributed by atoms with van der Waals surface area (Å²) >= 11 is 0. The fourth-order valence-electron chi connectivity index (χ4n) is 4.15. The van der Waals surface area contributed by atoms with Gasteiger partial charge in [0.1, 0.15) is 0 Å². The van der Waals surface area contributed by atoms with Crippen molar-refractivity contribution in [2.24, 2.45) is 5.92 Å². The van der Waals surface area contributed by atoms with Crippen molar-refractivity contribution in [3.8, 4) is 6.07 Å². The van der Waals surface area contributed by atoms with Crippen LogP contribution in [0.4, 0.5) is 0 Å². The van der Waals surface area contributed by atoms with E-state index in [1.54, 1.807) is 0 Å². The van der Waals surface area contributed by atoms with Crippen LogP contribution in [0.15, 0.2) is 42.5 Å². The molecule has 1 nitrogen and oxygen atoms in total. The fraction of sp³-hybridized carbons (Fsp3) is 0.480. The van der Waals surface area contributed by atoms with Gasteiger partial charge < -0.3 is 0 Å². The molecular weight excluding hydrogens is 314 g/mol. The molecule has 0 N–H and O–H groups in total. The highest BCUT2D eigenvalue weighted by molar-refractivity contribution is 5.39. The smallest absolute Gasteiger partial charge is 0.0991 e. The average molecular weight is 346 g/mol. The van der Waals surface area contributed by atoms with Crippen molar-refractivity contribution in [3.05, 3.63) is 70.3 Å². The lowest BCUT2D eigenvalue weighted by molar-refractivity contribution is 0.427. The number of nitriles is 1. The van der Waals surface area contributed by atoms with Crippen molar-refractivity contribution >= 4 is 0 Å². The molecular formula is C25H31N. The third-order valence-corrected chi connectivity index (χ3v) is 5.85. The van der Waals surface area contributed by atoms with Gasteiger partial charge in [0.05, 0.1) is 11.6 Å². The number of nitrogens with zero attached hydrogens (tertiary/aromatic N) is 1.